The van der Waals surface area contributed by atoms with Crippen LogP contribution in [0.25, 0.3) is 0 Å². The fraction of sp³-hybridized carbons (Fsp3) is 1.00. The molecule has 0 aromatic rings. The predicted octanol–water partition coefficient (Wildman–Crippen LogP) is 14.3. The summed E-state index contributed by atoms with van der Waals surface area (Å²) in [5, 5.41) is 0. The number of halogens is 1. The van der Waals surface area contributed by atoms with Crippen molar-refractivity contribution in [3.05, 3.63) is 0 Å². The Balaban J connectivity index is 0. The average molecular weight is 693 g/mol. The predicted molar refractivity (Wildman–Crippen MR) is 202 cm³/mol. The first-order valence-corrected chi connectivity index (χ1v) is 22.3. The van der Waals surface area contributed by atoms with Crippen molar-refractivity contribution < 1.29 is 24.0 Å². The molecule has 1 atom stereocenters. The summed E-state index contributed by atoms with van der Waals surface area (Å²) in [4.78, 5) is 0. The van der Waals surface area contributed by atoms with Crippen LogP contribution in [0.2, 0.25) is 0 Å². The van der Waals surface area contributed by atoms with Gasteiger partial charge in [0.1, 0.15) is 0 Å². The Morgan fingerprint density at radius 1 is 0.422 bits per heavy atom. The van der Waals surface area contributed by atoms with Crippen molar-refractivity contribution in [2.75, 3.05) is 32.8 Å². The zero-order valence-corrected chi connectivity index (χ0v) is 34.4. The van der Waals surface area contributed by atoms with Gasteiger partial charge in [-0.05, 0) is 12.3 Å². The molecular formula is C40H85ClN2OTi. The minimum atomic E-state index is -0.120. The van der Waals surface area contributed by atoms with Crippen LogP contribution in [-0.4, -0.2) is 39.5 Å². The van der Waals surface area contributed by atoms with Gasteiger partial charge in [0.15, 0.2) is 0 Å². The standard InChI is InChI=1S/2C16H34N.C8H17ClO.Ti/c2*1-3-5-7-9-11-13-15-17-16-14-12-10-8-6-4-2;1-3-5-6-8(4-2)7-10-9;/h2*3-16H2,1-2H3;8H,3-7H2,1-2H3;/q2*-1;;+2. The summed E-state index contributed by atoms with van der Waals surface area (Å²) in [5.41, 5.74) is 0. The minimum absolute atomic E-state index is 0.120. The molecule has 0 aliphatic heterocycles. The van der Waals surface area contributed by atoms with Crippen molar-refractivity contribution in [2.24, 2.45) is 5.92 Å². The fourth-order valence-electron chi connectivity index (χ4n) is 5.94. The molecule has 0 bridgehead atoms. The average Bonchev–Trinajstić information content (AvgIpc) is 3.05. The van der Waals surface area contributed by atoms with Crippen molar-refractivity contribution in [1.82, 2.24) is 6.76 Å². The van der Waals surface area contributed by atoms with Crippen molar-refractivity contribution in [2.45, 2.75) is 221 Å². The van der Waals surface area contributed by atoms with E-state index in [1.54, 1.807) is 0 Å². The molecule has 272 valence electrons. The molecule has 0 rings (SSSR count). The summed E-state index contributed by atoms with van der Waals surface area (Å²) in [6.45, 7) is 19.9. The number of rotatable bonds is 36. The Kier molecular flexibility index (Phi) is 45.8. The van der Waals surface area contributed by atoms with E-state index in [0.717, 1.165) is 0 Å². The second-order valence-corrected chi connectivity index (χ2v) is 16.3. The van der Waals surface area contributed by atoms with Gasteiger partial charge in [0.05, 0.1) is 18.5 Å². The molecule has 0 aromatic carbocycles. The molecule has 45 heavy (non-hydrogen) atoms. The third-order valence-electron chi connectivity index (χ3n) is 9.25. The molecule has 0 fully saturated rings. The van der Waals surface area contributed by atoms with Crippen molar-refractivity contribution in [3.8, 4) is 0 Å². The molecule has 1 unspecified atom stereocenters. The van der Waals surface area contributed by atoms with Crippen LogP contribution < -0.4 is 0 Å². The molecule has 5 heteroatoms. The van der Waals surface area contributed by atoms with Crippen LogP contribution in [0.5, 0.6) is 0 Å². The number of hydrogen-bond donors (Lipinski definition) is 0. The molecule has 0 spiro atoms. The van der Waals surface area contributed by atoms with Crippen LogP contribution in [0.4, 0.5) is 0 Å². The Morgan fingerprint density at radius 3 is 0.978 bits per heavy atom. The first-order chi connectivity index (χ1) is 22.1. The molecule has 0 N–H and O–H groups in total. The quantitative estimate of drug-likeness (QED) is 0.0480. The molecule has 0 heterocycles. The Bertz CT molecular complexity index is 447. The zero-order valence-electron chi connectivity index (χ0n) is 32.1. The topological polar surface area (TPSA) is 15.7 Å². The third-order valence-corrected chi connectivity index (χ3v) is 11.7. The van der Waals surface area contributed by atoms with Crippen LogP contribution in [0, 0.1) is 5.92 Å². The van der Waals surface area contributed by atoms with Gasteiger partial charge in [-0.3, -0.25) is 4.29 Å². The van der Waals surface area contributed by atoms with Gasteiger partial charge in [-0.2, -0.15) is 0 Å². The van der Waals surface area contributed by atoms with Crippen molar-refractivity contribution in [3.63, 3.8) is 0 Å². The molecule has 0 aromatic heterocycles. The maximum atomic E-state index is 5.15. The van der Waals surface area contributed by atoms with E-state index in [9.17, 15) is 0 Å². The van der Waals surface area contributed by atoms with Crippen LogP contribution >= 0.6 is 11.9 Å². The van der Waals surface area contributed by atoms with E-state index in [1.165, 1.54) is 206 Å². The third kappa shape index (κ3) is 39.2. The van der Waals surface area contributed by atoms with Gasteiger partial charge < -0.3 is 0 Å². The summed E-state index contributed by atoms with van der Waals surface area (Å²) in [5.74, 6) is 0.664. The van der Waals surface area contributed by atoms with Crippen LogP contribution in [0.3, 0.4) is 0 Å². The molecule has 0 aliphatic carbocycles. The van der Waals surface area contributed by atoms with Gasteiger partial charge in [-0.1, -0.05) is 33.1 Å². The molecule has 0 amide bonds. The first-order valence-electron chi connectivity index (χ1n) is 20.6. The van der Waals surface area contributed by atoms with E-state index in [-0.39, 0.29) is 19.7 Å². The van der Waals surface area contributed by atoms with Crippen LogP contribution in [-0.2, 0) is 24.0 Å². The summed E-state index contributed by atoms with van der Waals surface area (Å²) >= 11 is 5.03. The van der Waals surface area contributed by atoms with Crippen molar-refractivity contribution >= 4 is 11.9 Å². The second kappa shape index (κ2) is 42.9. The molecule has 0 saturated carbocycles. The van der Waals surface area contributed by atoms with Gasteiger partial charge in [-0.15, -0.1) is 0 Å². The van der Waals surface area contributed by atoms with Gasteiger partial charge in [0, 0.05) is 0 Å². The number of unbranched alkanes of at least 4 members (excludes halogenated alkanes) is 21. The molecular weight excluding hydrogens is 608 g/mol. The molecule has 0 radical (unpaired) electrons. The monoisotopic (exact) mass is 693 g/mol. The molecule has 3 nitrogen and oxygen atoms in total. The van der Waals surface area contributed by atoms with Crippen molar-refractivity contribution in [1.29, 1.82) is 0 Å². The van der Waals surface area contributed by atoms with E-state index in [2.05, 4.69) is 52.6 Å². The van der Waals surface area contributed by atoms with Crippen LogP contribution in [0.1, 0.15) is 221 Å². The molecule has 0 saturated heterocycles. The van der Waals surface area contributed by atoms with E-state index >= 15 is 0 Å². The van der Waals surface area contributed by atoms with Gasteiger partial charge >= 0.3 is 234 Å². The van der Waals surface area contributed by atoms with E-state index in [4.69, 9.17) is 11.9 Å². The van der Waals surface area contributed by atoms with Crippen LogP contribution in [0.15, 0.2) is 0 Å². The van der Waals surface area contributed by atoms with E-state index < -0.39 is 0 Å². The van der Waals surface area contributed by atoms with E-state index in [1.807, 2.05) is 0 Å². The summed E-state index contributed by atoms with van der Waals surface area (Å²) in [7, 11) is 0. The normalized spacial score (nSPS) is 12.1. The summed E-state index contributed by atoms with van der Waals surface area (Å²) in [6.07, 6.45) is 39.3. The van der Waals surface area contributed by atoms with Gasteiger partial charge in [-0.25, -0.2) is 0 Å². The Hall–Kier alpha value is 0.884. The number of nitrogens with zero attached hydrogens (tertiary/aromatic N) is 2. The van der Waals surface area contributed by atoms with Gasteiger partial charge in [0.2, 0.25) is 0 Å². The second-order valence-electron chi connectivity index (χ2n) is 13.8. The maximum absolute atomic E-state index is 5.15. The zero-order chi connectivity index (χ0) is 33.5. The first kappa shape index (κ1) is 48.0. The Morgan fingerprint density at radius 2 is 0.711 bits per heavy atom. The van der Waals surface area contributed by atoms with E-state index in [0.29, 0.717) is 12.5 Å². The summed E-state index contributed by atoms with van der Waals surface area (Å²) < 4.78 is 10.5. The van der Waals surface area contributed by atoms with Gasteiger partial charge in [0.25, 0.3) is 0 Å². The Labute approximate surface area is 301 Å². The SMILES string of the molecule is CCCCC(CC)COCl.CCCCCCCC[N](CCCCCCCC)[Ti][N](CCCCCCCC)CCCCCCCC. The fourth-order valence-corrected chi connectivity index (χ4v) is 8.36. The number of hydrogen-bond acceptors (Lipinski definition) is 3. The molecule has 0 aliphatic rings. The summed E-state index contributed by atoms with van der Waals surface area (Å²) in [6, 6.07) is 0.